The van der Waals surface area contributed by atoms with E-state index in [0.29, 0.717) is 11.7 Å². The van der Waals surface area contributed by atoms with E-state index in [9.17, 15) is 4.79 Å². The molecule has 3 nitrogen and oxygen atoms in total. The summed E-state index contributed by atoms with van der Waals surface area (Å²) in [6.07, 6.45) is 7.43. The third-order valence-corrected chi connectivity index (χ3v) is 3.31. The molecule has 20 heavy (non-hydrogen) atoms. The Hall–Kier alpha value is -1.77. The number of benzene rings is 1. The topological polar surface area (TPSA) is 38.3 Å². The lowest BCUT2D eigenvalue weighted by atomic mass is 9.98. The van der Waals surface area contributed by atoms with Gasteiger partial charge in [-0.25, -0.2) is 4.79 Å². The molecular formula is C17H25NO2. The second-order valence-corrected chi connectivity index (χ2v) is 4.93. The summed E-state index contributed by atoms with van der Waals surface area (Å²) in [5, 5.41) is 2.63. The van der Waals surface area contributed by atoms with Crippen molar-refractivity contribution < 1.29 is 9.53 Å². The van der Waals surface area contributed by atoms with Crippen LogP contribution >= 0.6 is 0 Å². The van der Waals surface area contributed by atoms with E-state index >= 15 is 0 Å². The summed E-state index contributed by atoms with van der Waals surface area (Å²) in [5.74, 6) is 1.01. The summed E-state index contributed by atoms with van der Waals surface area (Å²) < 4.78 is 5.37. The van der Waals surface area contributed by atoms with E-state index in [4.69, 9.17) is 4.74 Å². The smallest absolute Gasteiger partial charge is 0.410 e. The lowest BCUT2D eigenvalue weighted by Gasteiger charge is -2.14. The molecule has 0 spiro atoms. The molecular weight excluding hydrogens is 250 g/mol. The van der Waals surface area contributed by atoms with Gasteiger partial charge in [0.05, 0.1) is 0 Å². The fraction of sp³-hybridized carbons (Fsp3) is 0.471. The monoisotopic (exact) mass is 275 g/mol. The Morgan fingerprint density at radius 3 is 2.80 bits per heavy atom. The number of carbonyl (C=O) groups excluding carboxylic acids is 1. The van der Waals surface area contributed by atoms with Crippen LogP contribution in [0.4, 0.5) is 4.79 Å². The Morgan fingerprint density at radius 2 is 2.10 bits per heavy atom. The van der Waals surface area contributed by atoms with E-state index in [2.05, 4.69) is 26.1 Å². The van der Waals surface area contributed by atoms with E-state index in [1.807, 2.05) is 30.3 Å². The highest BCUT2D eigenvalue weighted by atomic mass is 16.6. The van der Waals surface area contributed by atoms with Crippen LogP contribution in [0.5, 0.6) is 5.75 Å². The van der Waals surface area contributed by atoms with Crippen LogP contribution in [-0.4, -0.2) is 6.09 Å². The van der Waals surface area contributed by atoms with Gasteiger partial charge in [-0.1, -0.05) is 57.9 Å². The molecule has 0 radical (unpaired) electrons. The SMILES string of the molecule is CCCCC=CNC(=O)Oc1ccccc1C(C)CC. The highest BCUT2D eigenvalue weighted by molar-refractivity contribution is 5.71. The molecule has 1 N–H and O–H groups in total. The van der Waals surface area contributed by atoms with Gasteiger partial charge in [0.15, 0.2) is 0 Å². The Labute approximate surface area is 122 Å². The van der Waals surface area contributed by atoms with Crippen LogP contribution in [0.3, 0.4) is 0 Å². The molecule has 0 aliphatic heterocycles. The van der Waals surface area contributed by atoms with Crippen LogP contribution in [0.15, 0.2) is 36.5 Å². The second kappa shape index (κ2) is 9.18. The molecule has 1 unspecified atom stereocenters. The van der Waals surface area contributed by atoms with Crippen molar-refractivity contribution in [1.82, 2.24) is 5.32 Å². The lowest BCUT2D eigenvalue weighted by molar-refractivity contribution is 0.204. The van der Waals surface area contributed by atoms with E-state index in [1.54, 1.807) is 6.20 Å². The molecule has 0 aromatic heterocycles. The Balaban J connectivity index is 2.55. The van der Waals surface area contributed by atoms with Gasteiger partial charge in [0, 0.05) is 6.20 Å². The Kier molecular flexibility index (Phi) is 7.48. The van der Waals surface area contributed by atoms with Crippen LogP contribution in [0.1, 0.15) is 57.9 Å². The number of para-hydroxylation sites is 1. The number of hydrogen-bond donors (Lipinski definition) is 1. The van der Waals surface area contributed by atoms with Gasteiger partial charge in [-0.2, -0.15) is 0 Å². The average molecular weight is 275 g/mol. The number of allylic oxidation sites excluding steroid dienone is 1. The van der Waals surface area contributed by atoms with Gasteiger partial charge in [0.1, 0.15) is 5.75 Å². The van der Waals surface area contributed by atoms with E-state index in [0.717, 1.165) is 31.2 Å². The predicted molar refractivity (Wildman–Crippen MR) is 83.0 cm³/mol. The second-order valence-electron chi connectivity index (χ2n) is 4.93. The molecule has 1 aromatic carbocycles. The van der Waals surface area contributed by atoms with Crippen LogP contribution in [0.25, 0.3) is 0 Å². The van der Waals surface area contributed by atoms with Gasteiger partial charge in [-0.15, -0.1) is 0 Å². The number of nitrogens with one attached hydrogen (secondary N) is 1. The average Bonchev–Trinajstić information content (AvgIpc) is 2.47. The maximum absolute atomic E-state index is 11.7. The van der Waals surface area contributed by atoms with Crippen LogP contribution in [0, 0.1) is 0 Å². The maximum Gasteiger partial charge on any atom is 0.416 e. The van der Waals surface area contributed by atoms with Crippen molar-refractivity contribution >= 4 is 6.09 Å². The predicted octanol–water partition coefficient (Wildman–Crippen LogP) is 4.99. The highest BCUT2D eigenvalue weighted by Crippen LogP contribution is 2.28. The first-order valence-corrected chi connectivity index (χ1v) is 7.41. The first-order chi connectivity index (χ1) is 9.69. The number of ether oxygens (including phenoxy) is 1. The zero-order chi connectivity index (χ0) is 14.8. The third-order valence-electron chi connectivity index (χ3n) is 3.31. The van der Waals surface area contributed by atoms with Crippen molar-refractivity contribution in [3.63, 3.8) is 0 Å². The fourth-order valence-electron chi connectivity index (χ4n) is 1.86. The molecule has 1 rings (SSSR count). The molecule has 0 aliphatic carbocycles. The van der Waals surface area contributed by atoms with Crippen LogP contribution < -0.4 is 10.1 Å². The zero-order valence-electron chi connectivity index (χ0n) is 12.7. The molecule has 0 heterocycles. The first kappa shape index (κ1) is 16.3. The van der Waals surface area contributed by atoms with Gasteiger partial charge in [-0.3, -0.25) is 5.32 Å². The van der Waals surface area contributed by atoms with E-state index < -0.39 is 6.09 Å². The summed E-state index contributed by atoms with van der Waals surface area (Å²) in [6.45, 7) is 6.39. The number of hydrogen-bond acceptors (Lipinski definition) is 2. The Morgan fingerprint density at radius 1 is 1.35 bits per heavy atom. The minimum absolute atomic E-state index is 0.374. The molecule has 3 heteroatoms. The molecule has 110 valence electrons. The number of unbranched alkanes of at least 4 members (excludes halogenated alkanes) is 2. The van der Waals surface area contributed by atoms with Crippen molar-refractivity contribution in [2.45, 2.75) is 52.4 Å². The number of amides is 1. The van der Waals surface area contributed by atoms with Gasteiger partial charge < -0.3 is 4.74 Å². The summed E-state index contributed by atoms with van der Waals surface area (Å²) in [6, 6.07) is 7.69. The lowest BCUT2D eigenvalue weighted by Crippen LogP contribution is -2.22. The number of carbonyl (C=O) groups is 1. The molecule has 1 amide bonds. The molecule has 1 aromatic rings. The molecule has 0 bridgehead atoms. The van der Waals surface area contributed by atoms with Gasteiger partial charge in [-0.05, 0) is 30.4 Å². The minimum Gasteiger partial charge on any atom is -0.410 e. The van der Waals surface area contributed by atoms with Crippen LogP contribution in [-0.2, 0) is 0 Å². The Bertz CT molecular complexity index is 440. The van der Waals surface area contributed by atoms with Crippen molar-refractivity contribution in [2.75, 3.05) is 0 Å². The quantitative estimate of drug-likeness (QED) is 0.712. The molecule has 1 atom stereocenters. The van der Waals surface area contributed by atoms with Gasteiger partial charge in [0.2, 0.25) is 0 Å². The largest absolute Gasteiger partial charge is 0.416 e. The number of rotatable bonds is 7. The van der Waals surface area contributed by atoms with Crippen molar-refractivity contribution in [2.24, 2.45) is 0 Å². The third kappa shape index (κ3) is 5.47. The molecule has 0 fully saturated rings. The summed E-state index contributed by atoms with van der Waals surface area (Å²) in [4.78, 5) is 11.7. The summed E-state index contributed by atoms with van der Waals surface area (Å²) in [7, 11) is 0. The van der Waals surface area contributed by atoms with Crippen molar-refractivity contribution in [3.05, 3.63) is 42.1 Å². The van der Waals surface area contributed by atoms with Crippen molar-refractivity contribution in [3.8, 4) is 5.75 Å². The normalized spacial score (nSPS) is 12.3. The van der Waals surface area contributed by atoms with E-state index in [-0.39, 0.29) is 0 Å². The summed E-state index contributed by atoms with van der Waals surface area (Å²) >= 11 is 0. The fourth-order valence-corrected chi connectivity index (χ4v) is 1.86. The van der Waals surface area contributed by atoms with Crippen molar-refractivity contribution in [1.29, 1.82) is 0 Å². The van der Waals surface area contributed by atoms with Gasteiger partial charge >= 0.3 is 6.09 Å². The zero-order valence-corrected chi connectivity index (χ0v) is 12.7. The maximum atomic E-state index is 11.7. The standard InChI is InChI=1S/C17H25NO2/c1-4-6-7-10-13-18-17(19)20-16-12-9-8-11-15(16)14(3)5-2/h8-14H,4-7H2,1-3H3,(H,18,19). The highest BCUT2D eigenvalue weighted by Gasteiger charge is 2.11. The van der Waals surface area contributed by atoms with Gasteiger partial charge in [0.25, 0.3) is 0 Å². The molecule has 0 saturated carbocycles. The molecule has 0 saturated heterocycles. The van der Waals surface area contributed by atoms with Crippen LogP contribution in [0.2, 0.25) is 0 Å². The first-order valence-electron chi connectivity index (χ1n) is 7.41. The minimum atomic E-state index is -0.437. The molecule has 0 aliphatic rings. The summed E-state index contributed by atoms with van der Waals surface area (Å²) in [5.41, 5.74) is 1.07. The van der Waals surface area contributed by atoms with E-state index in [1.165, 1.54) is 0 Å².